The molecular weight excluding hydrogens is 224 g/mol. The van der Waals surface area contributed by atoms with Crippen molar-refractivity contribution in [2.75, 3.05) is 7.11 Å². The lowest BCUT2D eigenvalue weighted by atomic mass is 10.00. The molecule has 5 nitrogen and oxygen atoms in total. The highest BCUT2D eigenvalue weighted by Gasteiger charge is 2.27. The third-order valence-electron chi connectivity index (χ3n) is 2.72. The lowest BCUT2D eigenvalue weighted by Gasteiger charge is -2.24. The molecule has 0 saturated heterocycles. The van der Waals surface area contributed by atoms with Gasteiger partial charge in [-0.3, -0.25) is 0 Å². The maximum Gasteiger partial charge on any atom is 0.347 e. The van der Waals surface area contributed by atoms with Crippen molar-refractivity contribution in [3.63, 3.8) is 0 Å². The van der Waals surface area contributed by atoms with Crippen LogP contribution < -0.4 is 4.74 Å². The molecule has 1 aromatic rings. The SMILES string of the molecule is COC(=O)C1CCc2cc(C(=O)O)ccc2O1. The van der Waals surface area contributed by atoms with Crippen molar-refractivity contribution in [1.29, 1.82) is 0 Å². The van der Waals surface area contributed by atoms with Crippen LogP contribution >= 0.6 is 0 Å². The molecular formula is C12H12O5. The van der Waals surface area contributed by atoms with Crippen LogP contribution in [0.3, 0.4) is 0 Å². The Kier molecular flexibility index (Phi) is 2.99. The molecule has 90 valence electrons. The van der Waals surface area contributed by atoms with Crippen LogP contribution in [0.15, 0.2) is 18.2 Å². The number of benzene rings is 1. The van der Waals surface area contributed by atoms with Gasteiger partial charge in [0.2, 0.25) is 0 Å². The van der Waals surface area contributed by atoms with E-state index in [0.29, 0.717) is 18.6 Å². The van der Waals surface area contributed by atoms with Gasteiger partial charge < -0.3 is 14.6 Å². The molecule has 1 atom stereocenters. The van der Waals surface area contributed by atoms with Crippen LogP contribution in [0.5, 0.6) is 5.75 Å². The Morgan fingerprint density at radius 3 is 2.88 bits per heavy atom. The minimum absolute atomic E-state index is 0.226. The number of methoxy groups -OCH3 is 1. The van der Waals surface area contributed by atoms with Gasteiger partial charge >= 0.3 is 11.9 Å². The number of hydrogen-bond acceptors (Lipinski definition) is 4. The van der Waals surface area contributed by atoms with Crippen LogP contribution in [0, 0.1) is 0 Å². The van der Waals surface area contributed by atoms with Gasteiger partial charge in [0.25, 0.3) is 0 Å². The highest BCUT2D eigenvalue weighted by atomic mass is 16.6. The largest absolute Gasteiger partial charge is 0.478 e. The zero-order valence-electron chi connectivity index (χ0n) is 9.30. The van der Waals surface area contributed by atoms with E-state index in [-0.39, 0.29) is 5.56 Å². The number of hydrogen-bond donors (Lipinski definition) is 1. The number of carboxylic acid groups (broad SMARTS) is 1. The number of carboxylic acids is 1. The van der Waals surface area contributed by atoms with Crippen LogP contribution in [0.25, 0.3) is 0 Å². The molecule has 0 radical (unpaired) electrons. The molecule has 0 amide bonds. The molecule has 1 aliphatic rings. The van der Waals surface area contributed by atoms with Gasteiger partial charge in [0.05, 0.1) is 12.7 Å². The maximum atomic E-state index is 11.3. The quantitative estimate of drug-likeness (QED) is 0.782. The Morgan fingerprint density at radius 2 is 2.24 bits per heavy atom. The molecule has 0 saturated carbocycles. The summed E-state index contributed by atoms with van der Waals surface area (Å²) in [5.41, 5.74) is 1.04. The van der Waals surface area contributed by atoms with Crippen molar-refractivity contribution in [3.05, 3.63) is 29.3 Å². The predicted octanol–water partition coefficient (Wildman–Crippen LogP) is 1.25. The van der Waals surface area contributed by atoms with E-state index in [0.717, 1.165) is 5.56 Å². The van der Waals surface area contributed by atoms with Crippen LogP contribution in [-0.4, -0.2) is 30.3 Å². The molecule has 17 heavy (non-hydrogen) atoms. The van der Waals surface area contributed by atoms with E-state index in [1.807, 2.05) is 0 Å². The highest BCUT2D eigenvalue weighted by molar-refractivity contribution is 5.88. The Hall–Kier alpha value is -2.04. The van der Waals surface area contributed by atoms with Crippen molar-refractivity contribution >= 4 is 11.9 Å². The lowest BCUT2D eigenvalue weighted by molar-refractivity contribution is -0.149. The third kappa shape index (κ3) is 2.22. The van der Waals surface area contributed by atoms with Crippen molar-refractivity contribution in [1.82, 2.24) is 0 Å². The van der Waals surface area contributed by atoms with Gasteiger partial charge in [-0.05, 0) is 36.6 Å². The summed E-state index contributed by atoms with van der Waals surface area (Å²) >= 11 is 0. The number of ether oxygens (including phenoxy) is 2. The van der Waals surface area contributed by atoms with E-state index < -0.39 is 18.0 Å². The molecule has 2 rings (SSSR count). The van der Waals surface area contributed by atoms with Crippen LogP contribution in [0.2, 0.25) is 0 Å². The fourth-order valence-corrected chi connectivity index (χ4v) is 1.82. The average molecular weight is 236 g/mol. The number of fused-ring (bicyclic) bond motifs is 1. The van der Waals surface area contributed by atoms with Gasteiger partial charge in [-0.25, -0.2) is 9.59 Å². The second-order valence-electron chi connectivity index (χ2n) is 3.80. The standard InChI is InChI=1S/C12H12O5/c1-16-12(15)10-5-2-7-6-8(11(13)14)3-4-9(7)17-10/h3-4,6,10H,2,5H2,1H3,(H,13,14). The normalized spacial score (nSPS) is 17.8. The molecule has 1 N–H and O–H groups in total. The molecule has 5 heteroatoms. The molecule has 0 aliphatic carbocycles. The van der Waals surface area contributed by atoms with Crippen molar-refractivity contribution in [2.24, 2.45) is 0 Å². The van der Waals surface area contributed by atoms with Crippen LogP contribution in [0.4, 0.5) is 0 Å². The molecule has 0 aromatic heterocycles. The number of aryl methyl sites for hydroxylation is 1. The van der Waals surface area contributed by atoms with E-state index in [2.05, 4.69) is 4.74 Å². The molecule has 1 heterocycles. The molecule has 1 aliphatic heterocycles. The van der Waals surface area contributed by atoms with E-state index in [1.165, 1.54) is 13.2 Å². The summed E-state index contributed by atoms with van der Waals surface area (Å²) in [6.07, 6.45) is 0.516. The highest BCUT2D eigenvalue weighted by Crippen LogP contribution is 2.28. The summed E-state index contributed by atoms with van der Waals surface area (Å²) in [6.45, 7) is 0. The van der Waals surface area contributed by atoms with Crippen molar-refractivity contribution in [3.8, 4) is 5.75 Å². The molecule has 0 fully saturated rings. The van der Waals surface area contributed by atoms with Crippen molar-refractivity contribution < 1.29 is 24.2 Å². The van der Waals surface area contributed by atoms with Gasteiger partial charge in [0.15, 0.2) is 6.10 Å². The summed E-state index contributed by atoms with van der Waals surface area (Å²) in [4.78, 5) is 22.1. The van der Waals surface area contributed by atoms with E-state index in [4.69, 9.17) is 9.84 Å². The lowest BCUT2D eigenvalue weighted by Crippen LogP contribution is -2.32. The average Bonchev–Trinajstić information content (AvgIpc) is 2.36. The smallest absolute Gasteiger partial charge is 0.347 e. The summed E-state index contributed by atoms with van der Waals surface area (Å²) < 4.78 is 10.1. The summed E-state index contributed by atoms with van der Waals surface area (Å²) in [6, 6.07) is 4.61. The Morgan fingerprint density at radius 1 is 1.47 bits per heavy atom. The minimum Gasteiger partial charge on any atom is -0.478 e. The second kappa shape index (κ2) is 4.45. The zero-order valence-corrected chi connectivity index (χ0v) is 9.30. The fourth-order valence-electron chi connectivity index (χ4n) is 1.82. The third-order valence-corrected chi connectivity index (χ3v) is 2.72. The van der Waals surface area contributed by atoms with Gasteiger partial charge in [-0.2, -0.15) is 0 Å². The number of aromatic carboxylic acids is 1. The zero-order chi connectivity index (χ0) is 12.4. The Labute approximate surface area is 98.0 Å². The van der Waals surface area contributed by atoms with Crippen LogP contribution in [-0.2, 0) is 16.0 Å². The maximum absolute atomic E-state index is 11.3. The van der Waals surface area contributed by atoms with E-state index >= 15 is 0 Å². The molecule has 1 unspecified atom stereocenters. The Bertz CT molecular complexity index is 466. The van der Waals surface area contributed by atoms with E-state index in [1.54, 1.807) is 12.1 Å². The Balaban J connectivity index is 2.23. The first-order valence-electron chi connectivity index (χ1n) is 5.22. The second-order valence-corrected chi connectivity index (χ2v) is 3.80. The van der Waals surface area contributed by atoms with Gasteiger partial charge in [-0.15, -0.1) is 0 Å². The predicted molar refractivity (Wildman–Crippen MR) is 58.2 cm³/mol. The van der Waals surface area contributed by atoms with Crippen molar-refractivity contribution in [2.45, 2.75) is 18.9 Å². The molecule has 1 aromatic carbocycles. The summed E-state index contributed by atoms with van der Waals surface area (Å²) in [5, 5.41) is 8.85. The number of esters is 1. The first-order chi connectivity index (χ1) is 8.11. The van der Waals surface area contributed by atoms with Gasteiger partial charge in [0.1, 0.15) is 5.75 Å². The fraction of sp³-hybridized carbons (Fsp3) is 0.333. The molecule has 0 bridgehead atoms. The van der Waals surface area contributed by atoms with E-state index in [9.17, 15) is 9.59 Å². The summed E-state index contributed by atoms with van der Waals surface area (Å²) in [5.74, 6) is -0.822. The molecule has 0 spiro atoms. The first kappa shape index (κ1) is 11.4. The summed E-state index contributed by atoms with van der Waals surface area (Å²) in [7, 11) is 1.31. The van der Waals surface area contributed by atoms with Crippen LogP contribution in [0.1, 0.15) is 22.3 Å². The van der Waals surface area contributed by atoms with Gasteiger partial charge in [0, 0.05) is 0 Å². The number of rotatable bonds is 2. The van der Waals surface area contributed by atoms with Gasteiger partial charge in [-0.1, -0.05) is 0 Å². The topological polar surface area (TPSA) is 72.8 Å². The number of carbonyl (C=O) groups excluding carboxylic acids is 1. The number of carbonyl (C=O) groups is 2. The first-order valence-corrected chi connectivity index (χ1v) is 5.22. The minimum atomic E-state index is -0.970. The monoisotopic (exact) mass is 236 g/mol.